The summed E-state index contributed by atoms with van der Waals surface area (Å²) in [6, 6.07) is 13.6. The summed E-state index contributed by atoms with van der Waals surface area (Å²) in [6.45, 7) is 0. The Morgan fingerprint density at radius 1 is 1.00 bits per heavy atom. The molecule has 0 unspecified atom stereocenters. The largest absolute Gasteiger partial charge is 0.322 e. The van der Waals surface area contributed by atoms with E-state index in [0.29, 0.717) is 15.7 Å². The molecule has 1 N–H and O–H groups in total. The summed E-state index contributed by atoms with van der Waals surface area (Å²) in [5.41, 5.74) is 1.44. The number of nitrogens with zero attached hydrogens (tertiary/aromatic N) is 2. The third kappa shape index (κ3) is 3.49. The fourth-order valence-electron chi connectivity index (χ4n) is 1.68. The number of hydrogen-bond donors (Lipinski definition) is 1. The van der Waals surface area contributed by atoms with Gasteiger partial charge in [0.05, 0.1) is 16.7 Å². The van der Waals surface area contributed by atoms with E-state index in [2.05, 4.69) is 37.2 Å². The number of nitrogens with one attached hydrogen (secondary N) is 1. The summed E-state index contributed by atoms with van der Waals surface area (Å²) in [5, 5.41) is 20.5. The molecule has 0 atom stereocenters. The topological polar surface area (TPSA) is 76.7 Å². The van der Waals surface area contributed by atoms with Crippen molar-refractivity contribution in [3.8, 4) is 12.1 Å². The number of carbonyl (C=O) groups excluding carboxylic acids is 1. The van der Waals surface area contributed by atoms with Gasteiger partial charge in [0.1, 0.15) is 12.1 Å². The Hall–Kier alpha value is -2.15. The van der Waals surface area contributed by atoms with Crippen LogP contribution in [0.3, 0.4) is 0 Å². The van der Waals surface area contributed by atoms with Gasteiger partial charge in [-0.3, -0.25) is 4.79 Å². The van der Waals surface area contributed by atoms with Crippen LogP contribution in [0.5, 0.6) is 0 Å². The zero-order chi connectivity index (χ0) is 15.4. The van der Waals surface area contributed by atoms with Gasteiger partial charge in [0, 0.05) is 14.6 Å². The normalized spacial score (nSPS) is 9.52. The van der Waals surface area contributed by atoms with Gasteiger partial charge in [0.2, 0.25) is 0 Å². The first-order valence-electron chi connectivity index (χ1n) is 5.76. The molecule has 0 aliphatic heterocycles. The lowest BCUT2D eigenvalue weighted by atomic mass is 10.1. The Balaban J connectivity index is 2.28. The number of halogens is 2. The molecule has 2 rings (SSSR count). The van der Waals surface area contributed by atoms with Crippen molar-refractivity contribution in [2.45, 2.75) is 0 Å². The molecule has 21 heavy (non-hydrogen) atoms. The van der Waals surface area contributed by atoms with Crippen LogP contribution in [-0.2, 0) is 0 Å². The van der Waals surface area contributed by atoms with Crippen LogP contribution in [0.2, 0.25) is 0 Å². The zero-order valence-electron chi connectivity index (χ0n) is 10.5. The number of benzene rings is 2. The average Bonchev–Trinajstić information content (AvgIpc) is 2.46. The highest BCUT2D eigenvalue weighted by atomic mass is 79.9. The van der Waals surface area contributed by atoms with Crippen molar-refractivity contribution in [2.75, 3.05) is 5.32 Å². The predicted molar refractivity (Wildman–Crippen MR) is 85.7 cm³/mol. The summed E-state index contributed by atoms with van der Waals surface area (Å²) < 4.78 is 1.51. The van der Waals surface area contributed by atoms with E-state index in [4.69, 9.17) is 10.5 Å². The highest BCUT2D eigenvalue weighted by Gasteiger charge is 2.11. The van der Waals surface area contributed by atoms with Crippen LogP contribution in [0.25, 0.3) is 0 Å². The molecular formula is C15H7Br2N3O. The molecule has 2 aromatic carbocycles. The van der Waals surface area contributed by atoms with Crippen LogP contribution in [-0.4, -0.2) is 5.91 Å². The fourth-order valence-corrected chi connectivity index (χ4v) is 2.91. The molecule has 0 aliphatic carbocycles. The number of rotatable bonds is 2. The van der Waals surface area contributed by atoms with Crippen molar-refractivity contribution >= 4 is 43.5 Å². The van der Waals surface area contributed by atoms with Gasteiger partial charge in [0.15, 0.2) is 0 Å². The van der Waals surface area contributed by atoms with Crippen LogP contribution in [0.4, 0.5) is 5.69 Å². The van der Waals surface area contributed by atoms with E-state index in [1.807, 2.05) is 12.1 Å². The summed E-state index contributed by atoms with van der Waals surface area (Å²) in [6.07, 6.45) is 0. The lowest BCUT2D eigenvalue weighted by molar-refractivity contribution is 0.102. The first kappa shape index (κ1) is 15.2. The molecule has 0 bridgehead atoms. The van der Waals surface area contributed by atoms with Gasteiger partial charge in [-0.1, -0.05) is 15.9 Å². The molecule has 0 aromatic heterocycles. The smallest absolute Gasteiger partial charge is 0.256 e. The monoisotopic (exact) mass is 403 g/mol. The Labute approximate surface area is 138 Å². The van der Waals surface area contributed by atoms with Gasteiger partial charge in [-0.25, -0.2) is 0 Å². The van der Waals surface area contributed by atoms with Gasteiger partial charge in [-0.05, 0) is 52.3 Å². The molecule has 1 amide bonds. The van der Waals surface area contributed by atoms with E-state index in [0.717, 1.165) is 4.47 Å². The number of anilines is 1. The maximum Gasteiger partial charge on any atom is 0.256 e. The Morgan fingerprint density at radius 3 is 2.33 bits per heavy atom. The first-order chi connectivity index (χ1) is 10.0. The van der Waals surface area contributed by atoms with Gasteiger partial charge >= 0.3 is 0 Å². The highest BCUT2D eigenvalue weighted by Crippen LogP contribution is 2.23. The molecule has 0 aliphatic rings. The van der Waals surface area contributed by atoms with E-state index in [1.165, 1.54) is 12.1 Å². The molecule has 102 valence electrons. The van der Waals surface area contributed by atoms with Gasteiger partial charge < -0.3 is 5.32 Å². The molecule has 0 saturated heterocycles. The second kappa shape index (κ2) is 6.53. The summed E-state index contributed by atoms with van der Waals surface area (Å²) >= 11 is 6.64. The van der Waals surface area contributed by atoms with Crippen molar-refractivity contribution in [3.05, 3.63) is 62.0 Å². The molecule has 2 aromatic rings. The second-order valence-electron chi connectivity index (χ2n) is 4.06. The van der Waals surface area contributed by atoms with Gasteiger partial charge in [-0.2, -0.15) is 10.5 Å². The number of nitriles is 2. The van der Waals surface area contributed by atoms with Crippen molar-refractivity contribution in [3.63, 3.8) is 0 Å². The van der Waals surface area contributed by atoms with E-state index in [1.54, 1.807) is 24.3 Å². The number of amides is 1. The SMILES string of the molecule is N#Cc1ccc(NC(=O)c2ccc(Br)cc2Br)cc1C#N. The van der Waals surface area contributed by atoms with E-state index in [9.17, 15) is 4.79 Å². The maximum atomic E-state index is 12.2. The summed E-state index contributed by atoms with van der Waals surface area (Å²) in [4.78, 5) is 12.2. The van der Waals surface area contributed by atoms with Crippen molar-refractivity contribution in [1.29, 1.82) is 10.5 Å². The maximum absolute atomic E-state index is 12.2. The standard InChI is InChI=1S/C15H7Br2N3O/c16-11-2-4-13(14(17)6-11)15(21)20-12-3-1-9(7-18)10(5-12)8-19/h1-6H,(H,20,21). The molecular weight excluding hydrogens is 398 g/mol. The van der Waals surface area contributed by atoms with Gasteiger partial charge in [-0.15, -0.1) is 0 Å². The molecule has 0 spiro atoms. The van der Waals surface area contributed by atoms with Crippen LogP contribution in [0, 0.1) is 22.7 Å². The minimum atomic E-state index is -0.303. The Bertz CT molecular complexity index is 804. The van der Waals surface area contributed by atoms with Crippen molar-refractivity contribution in [2.24, 2.45) is 0 Å². The molecule has 0 heterocycles. The molecule has 4 nitrogen and oxygen atoms in total. The van der Waals surface area contributed by atoms with Crippen LogP contribution < -0.4 is 5.32 Å². The molecule has 0 radical (unpaired) electrons. The average molecular weight is 405 g/mol. The lowest BCUT2D eigenvalue weighted by Crippen LogP contribution is -2.12. The lowest BCUT2D eigenvalue weighted by Gasteiger charge is -2.08. The van der Waals surface area contributed by atoms with Gasteiger partial charge in [0.25, 0.3) is 5.91 Å². The Morgan fingerprint density at radius 2 is 1.71 bits per heavy atom. The quantitative estimate of drug-likeness (QED) is 0.814. The minimum absolute atomic E-state index is 0.227. The molecule has 6 heteroatoms. The fraction of sp³-hybridized carbons (Fsp3) is 0. The van der Waals surface area contributed by atoms with Crippen molar-refractivity contribution in [1.82, 2.24) is 0 Å². The highest BCUT2D eigenvalue weighted by molar-refractivity contribution is 9.11. The van der Waals surface area contributed by atoms with Crippen LogP contribution in [0.15, 0.2) is 45.3 Å². The molecule has 0 fully saturated rings. The third-order valence-electron chi connectivity index (χ3n) is 2.69. The number of hydrogen-bond acceptors (Lipinski definition) is 3. The minimum Gasteiger partial charge on any atom is -0.322 e. The first-order valence-corrected chi connectivity index (χ1v) is 7.34. The van der Waals surface area contributed by atoms with E-state index in [-0.39, 0.29) is 17.0 Å². The van der Waals surface area contributed by atoms with Crippen LogP contribution in [0.1, 0.15) is 21.5 Å². The van der Waals surface area contributed by atoms with Crippen LogP contribution >= 0.6 is 31.9 Å². The Kier molecular flexibility index (Phi) is 4.74. The predicted octanol–water partition coefficient (Wildman–Crippen LogP) is 4.21. The van der Waals surface area contributed by atoms with Crippen molar-refractivity contribution < 1.29 is 4.79 Å². The summed E-state index contributed by atoms with van der Waals surface area (Å²) in [7, 11) is 0. The van der Waals surface area contributed by atoms with E-state index < -0.39 is 0 Å². The second-order valence-corrected chi connectivity index (χ2v) is 5.83. The molecule has 0 saturated carbocycles. The zero-order valence-corrected chi connectivity index (χ0v) is 13.7. The third-order valence-corrected chi connectivity index (χ3v) is 3.84. The van der Waals surface area contributed by atoms with E-state index >= 15 is 0 Å². The number of carbonyl (C=O) groups is 1. The summed E-state index contributed by atoms with van der Waals surface area (Å²) in [5.74, 6) is -0.303.